The minimum atomic E-state index is 0. The zero-order chi connectivity index (χ0) is 9.80. The SMILES string of the molecule is Cl.ClCCCN1CCc2ccccc2C1. The van der Waals surface area contributed by atoms with Crippen LogP contribution < -0.4 is 0 Å². The van der Waals surface area contributed by atoms with Crippen LogP contribution in [0.5, 0.6) is 0 Å². The molecule has 0 saturated carbocycles. The second-order valence-electron chi connectivity index (χ2n) is 3.84. The summed E-state index contributed by atoms with van der Waals surface area (Å²) in [6.45, 7) is 3.43. The number of benzene rings is 1. The summed E-state index contributed by atoms with van der Waals surface area (Å²) in [7, 11) is 0. The smallest absolute Gasteiger partial charge is 0.0236 e. The van der Waals surface area contributed by atoms with Gasteiger partial charge in [0.1, 0.15) is 0 Å². The zero-order valence-corrected chi connectivity index (χ0v) is 10.4. The van der Waals surface area contributed by atoms with E-state index in [4.69, 9.17) is 11.6 Å². The lowest BCUT2D eigenvalue weighted by atomic mass is 10.00. The molecule has 1 heterocycles. The highest BCUT2D eigenvalue weighted by molar-refractivity contribution is 6.17. The minimum absolute atomic E-state index is 0. The minimum Gasteiger partial charge on any atom is -0.299 e. The van der Waals surface area contributed by atoms with E-state index in [0.29, 0.717) is 0 Å². The van der Waals surface area contributed by atoms with E-state index in [9.17, 15) is 0 Å². The molecule has 1 nitrogen and oxygen atoms in total. The number of fused-ring (bicyclic) bond motifs is 1. The van der Waals surface area contributed by atoms with Crippen LogP contribution >= 0.6 is 24.0 Å². The van der Waals surface area contributed by atoms with Gasteiger partial charge in [-0.05, 0) is 30.5 Å². The Morgan fingerprint density at radius 1 is 1.20 bits per heavy atom. The van der Waals surface area contributed by atoms with Crippen LogP contribution in [0.4, 0.5) is 0 Å². The summed E-state index contributed by atoms with van der Waals surface area (Å²) in [5.41, 5.74) is 3.02. The molecule has 0 aromatic heterocycles. The highest BCUT2D eigenvalue weighted by Crippen LogP contribution is 2.18. The molecule has 15 heavy (non-hydrogen) atoms. The van der Waals surface area contributed by atoms with E-state index < -0.39 is 0 Å². The van der Waals surface area contributed by atoms with Crippen molar-refractivity contribution >= 4 is 24.0 Å². The molecule has 0 unspecified atom stereocenters. The number of hydrogen-bond acceptors (Lipinski definition) is 1. The number of alkyl halides is 1. The van der Waals surface area contributed by atoms with Gasteiger partial charge in [-0.15, -0.1) is 24.0 Å². The Kier molecular flexibility index (Phi) is 5.44. The van der Waals surface area contributed by atoms with Crippen LogP contribution in [0.3, 0.4) is 0 Å². The highest BCUT2D eigenvalue weighted by Gasteiger charge is 2.14. The Morgan fingerprint density at radius 2 is 1.93 bits per heavy atom. The monoisotopic (exact) mass is 245 g/mol. The van der Waals surface area contributed by atoms with Crippen molar-refractivity contribution in [2.75, 3.05) is 19.0 Å². The summed E-state index contributed by atoms with van der Waals surface area (Å²) in [6.07, 6.45) is 2.29. The van der Waals surface area contributed by atoms with Gasteiger partial charge in [0.15, 0.2) is 0 Å². The lowest BCUT2D eigenvalue weighted by Gasteiger charge is -2.28. The fourth-order valence-electron chi connectivity index (χ4n) is 2.03. The van der Waals surface area contributed by atoms with E-state index >= 15 is 0 Å². The van der Waals surface area contributed by atoms with Crippen LogP contribution in [0.15, 0.2) is 24.3 Å². The lowest BCUT2D eigenvalue weighted by molar-refractivity contribution is 0.255. The molecule has 0 bridgehead atoms. The molecule has 0 N–H and O–H groups in total. The van der Waals surface area contributed by atoms with E-state index in [1.165, 1.54) is 24.1 Å². The highest BCUT2D eigenvalue weighted by atomic mass is 35.5. The van der Waals surface area contributed by atoms with Crippen LogP contribution in [-0.4, -0.2) is 23.9 Å². The fourth-order valence-corrected chi connectivity index (χ4v) is 2.15. The predicted molar refractivity (Wildman–Crippen MR) is 68.0 cm³/mol. The van der Waals surface area contributed by atoms with Gasteiger partial charge in [-0.25, -0.2) is 0 Å². The maximum absolute atomic E-state index is 5.69. The van der Waals surface area contributed by atoms with Crippen molar-refractivity contribution in [3.05, 3.63) is 35.4 Å². The molecule has 1 aliphatic heterocycles. The van der Waals surface area contributed by atoms with Crippen LogP contribution in [0.1, 0.15) is 17.5 Å². The Morgan fingerprint density at radius 3 is 2.67 bits per heavy atom. The largest absolute Gasteiger partial charge is 0.299 e. The maximum Gasteiger partial charge on any atom is 0.0236 e. The number of rotatable bonds is 3. The molecule has 0 spiro atoms. The molecular formula is C12H17Cl2N. The quantitative estimate of drug-likeness (QED) is 0.741. The molecule has 0 atom stereocenters. The summed E-state index contributed by atoms with van der Waals surface area (Å²) in [5.74, 6) is 0.776. The van der Waals surface area contributed by atoms with Crippen LogP contribution in [-0.2, 0) is 13.0 Å². The fraction of sp³-hybridized carbons (Fsp3) is 0.500. The number of halogens is 2. The van der Waals surface area contributed by atoms with Crippen molar-refractivity contribution in [3.8, 4) is 0 Å². The maximum atomic E-state index is 5.69. The van der Waals surface area contributed by atoms with Crippen LogP contribution in [0.25, 0.3) is 0 Å². The standard InChI is InChI=1S/C12H16ClN.ClH/c13-7-3-8-14-9-6-11-4-1-2-5-12(11)10-14;/h1-2,4-5H,3,6-10H2;1H. The Bertz CT molecular complexity index is 301. The van der Waals surface area contributed by atoms with E-state index in [1.807, 2.05) is 0 Å². The summed E-state index contributed by atoms with van der Waals surface area (Å²) >= 11 is 5.69. The molecule has 0 saturated heterocycles. The molecule has 0 amide bonds. The third kappa shape index (κ3) is 3.37. The van der Waals surface area contributed by atoms with Gasteiger partial charge >= 0.3 is 0 Å². The van der Waals surface area contributed by atoms with Gasteiger partial charge in [0.05, 0.1) is 0 Å². The predicted octanol–water partition coefficient (Wildman–Crippen LogP) is 3.10. The van der Waals surface area contributed by atoms with Gasteiger partial charge in [-0.1, -0.05) is 24.3 Å². The van der Waals surface area contributed by atoms with Gasteiger partial charge in [0.25, 0.3) is 0 Å². The average Bonchev–Trinajstić information content (AvgIpc) is 2.26. The second kappa shape index (κ2) is 6.37. The Balaban J connectivity index is 0.00000112. The first-order valence-electron chi connectivity index (χ1n) is 5.25. The summed E-state index contributed by atoms with van der Waals surface area (Å²) in [6, 6.07) is 8.74. The summed E-state index contributed by atoms with van der Waals surface area (Å²) in [4.78, 5) is 2.49. The molecule has 2 rings (SSSR count). The molecule has 0 aliphatic carbocycles. The molecular weight excluding hydrogens is 229 g/mol. The van der Waals surface area contributed by atoms with Gasteiger partial charge in [0.2, 0.25) is 0 Å². The van der Waals surface area contributed by atoms with Gasteiger partial charge < -0.3 is 0 Å². The van der Waals surface area contributed by atoms with E-state index in [-0.39, 0.29) is 12.4 Å². The van der Waals surface area contributed by atoms with Gasteiger partial charge in [-0.2, -0.15) is 0 Å². The van der Waals surface area contributed by atoms with E-state index in [0.717, 1.165) is 25.4 Å². The molecule has 1 aromatic carbocycles. The average molecular weight is 246 g/mol. The van der Waals surface area contributed by atoms with Crippen molar-refractivity contribution in [1.29, 1.82) is 0 Å². The van der Waals surface area contributed by atoms with Crippen molar-refractivity contribution in [2.24, 2.45) is 0 Å². The third-order valence-electron chi connectivity index (χ3n) is 2.82. The first kappa shape index (κ1) is 12.8. The van der Waals surface area contributed by atoms with E-state index in [1.54, 1.807) is 0 Å². The number of hydrogen-bond donors (Lipinski definition) is 0. The van der Waals surface area contributed by atoms with Gasteiger partial charge in [-0.3, -0.25) is 4.90 Å². The molecule has 1 aromatic rings. The zero-order valence-electron chi connectivity index (χ0n) is 8.79. The topological polar surface area (TPSA) is 3.24 Å². The Labute approximate surface area is 103 Å². The Hall–Kier alpha value is -0.240. The van der Waals surface area contributed by atoms with Crippen LogP contribution in [0.2, 0.25) is 0 Å². The van der Waals surface area contributed by atoms with Gasteiger partial charge in [0, 0.05) is 19.0 Å². The lowest BCUT2D eigenvalue weighted by Crippen LogP contribution is -2.31. The van der Waals surface area contributed by atoms with E-state index in [2.05, 4.69) is 29.2 Å². The molecule has 1 aliphatic rings. The molecule has 84 valence electrons. The second-order valence-corrected chi connectivity index (χ2v) is 4.22. The van der Waals surface area contributed by atoms with Crippen molar-refractivity contribution in [3.63, 3.8) is 0 Å². The normalized spacial score (nSPS) is 15.5. The molecule has 3 heteroatoms. The molecule has 0 radical (unpaired) electrons. The number of nitrogens with zero attached hydrogens (tertiary/aromatic N) is 1. The summed E-state index contributed by atoms with van der Waals surface area (Å²) in [5, 5.41) is 0. The third-order valence-corrected chi connectivity index (χ3v) is 3.08. The van der Waals surface area contributed by atoms with Crippen molar-refractivity contribution in [1.82, 2.24) is 4.90 Å². The van der Waals surface area contributed by atoms with Crippen LogP contribution in [0, 0.1) is 0 Å². The molecule has 0 fully saturated rings. The van der Waals surface area contributed by atoms with Crippen molar-refractivity contribution in [2.45, 2.75) is 19.4 Å². The van der Waals surface area contributed by atoms with Crippen molar-refractivity contribution < 1.29 is 0 Å². The first-order valence-corrected chi connectivity index (χ1v) is 5.78. The first-order chi connectivity index (χ1) is 6.90. The summed E-state index contributed by atoms with van der Waals surface area (Å²) < 4.78 is 0.